The van der Waals surface area contributed by atoms with Crippen molar-refractivity contribution in [1.29, 1.82) is 0 Å². The first-order valence-electron chi connectivity index (χ1n) is 5.74. The monoisotopic (exact) mass is 197 g/mol. The van der Waals surface area contributed by atoms with Crippen LogP contribution in [0, 0.1) is 11.8 Å². The van der Waals surface area contributed by atoms with Gasteiger partial charge in [-0.05, 0) is 31.6 Å². The quantitative estimate of drug-likeness (QED) is 0.711. The lowest BCUT2D eigenvalue weighted by Gasteiger charge is -2.26. The minimum Gasteiger partial charge on any atom is -0.396 e. The van der Waals surface area contributed by atoms with Crippen molar-refractivity contribution < 1.29 is 9.90 Å². The molecule has 1 amide bonds. The summed E-state index contributed by atoms with van der Waals surface area (Å²) in [4.78, 5) is 11.7. The molecule has 14 heavy (non-hydrogen) atoms. The molecule has 1 unspecified atom stereocenters. The number of aliphatic hydroxyl groups excluding tert-OH is 1. The van der Waals surface area contributed by atoms with Gasteiger partial charge >= 0.3 is 0 Å². The maximum atomic E-state index is 11.7. The molecular formula is C11H19NO2. The molecular weight excluding hydrogens is 178 g/mol. The van der Waals surface area contributed by atoms with E-state index in [1.807, 2.05) is 0 Å². The van der Waals surface area contributed by atoms with Gasteiger partial charge in [-0.2, -0.15) is 0 Å². The van der Waals surface area contributed by atoms with Gasteiger partial charge in [0.25, 0.3) is 0 Å². The molecule has 3 heteroatoms. The van der Waals surface area contributed by atoms with Gasteiger partial charge in [-0.1, -0.05) is 12.8 Å². The number of rotatable bonds is 3. The van der Waals surface area contributed by atoms with Crippen LogP contribution in [0.3, 0.4) is 0 Å². The van der Waals surface area contributed by atoms with Crippen LogP contribution in [0.1, 0.15) is 38.5 Å². The summed E-state index contributed by atoms with van der Waals surface area (Å²) in [6, 6.07) is 0.444. The second-order valence-corrected chi connectivity index (χ2v) is 4.54. The summed E-state index contributed by atoms with van der Waals surface area (Å²) in [6.45, 7) is 0.209. The van der Waals surface area contributed by atoms with E-state index in [4.69, 9.17) is 5.11 Å². The number of fused-ring (bicyclic) bond motifs is 1. The minimum atomic E-state index is 0.187. The summed E-state index contributed by atoms with van der Waals surface area (Å²) in [7, 11) is 0. The Morgan fingerprint density at radius 3 is 2.93 bits per heavy atom. The number of hydrogen-bond donors (Lipinski definition) is 2. The number of carbonyl (C=O) groups excluding carboxylic acids is 1. The highest BCUT2D eigenvalue weighted by atomic mass is 16.3. The van der Waals surface area contributed by atoms with E-state index in [0.29, 0.717) is 12.0 Å². The molecule has 1 saturated carbocycles. The van der Waals surface area contributed by atoms with Crippen molar-refractivity contribution in [2.24, 2.45) is 11.8 Å². The SMILES string of the molecule is O=C1N[C@@H]2CCCC[C@@H]2C1CCCO. The summed E-state index contributed by atoms with van der Waals surface area (Å²) in [5, 5.41) is 11.9. The standard InChI is InChI=1S/C11H19NO2/c13-7-3-5-9-8-4-1-2-6-10(8)12-11(9)14/h8-10,13H,1-7H2,(H,12,14)/t8-,9?,10-/m1/s1. The Kier molecular flexibility index (Phi) is 3.06. The normalized spacial score (nSPS) is 36.6. The summed E-state index contributed by atoms with van der Waals surface area (Å²) in [6.07, 6.45) is 6.51. The van der Waals surface area contributed by atoms with Gasteiger partial charge in [0.2, 0.25) is 5.91 Å². The van der Waals surface area contributed by atoms with E-state index in [0.717, 1.165) is 19.3 Å². The zero-order chi connectivity index (χ0) is 9.97. The Bertz CT molecular complexity index is 217. The molecule has 0 aromatic carbocycles. The molecule has 2 rings (SSSR count). The molecule has 0 bridgehead atoms. The van der Waals surface area contributed by atoms with Crippen molar-refractivity contribution in [3.05, 3.63) is 0 Å². The van der Waals surface area contributed by atoms with Crippen LogP contribution in [0.4, 0.5) is 0 Å². The van der Waals surface area contributed by atoms with E-state index < -0.39 is 0 Å². The van der Waals surface area contributed by atoms with Crippen molar-refractivity contribution in [1.82, 2.24) is 5.32 Å². The summed E-state index contributed by atoms with van der Waals surface area (Å²) in [5.41, 5.74) is 0. The molecule has 80 valence electrons. The van der Waals surface area contributed by atoms with Crippen LogP contribution in [-0.2, 0) is 4.79 Å². The van der Waals surface area contributed by atoms with Crippen LogP contribution < -0.4 is 5.32 Å². The molecule has 1 saturated heterocycles. The van der Waals surface area contributed by atoms with Gasteiger partial charge in [0.05, 0.1) is 0 Å². The minimum absolute atomic E-state index is 0.187. The fourth-order valence-electron chi connectivity index (χ4n) is 2.96. The second kappa shape index (κ2) is 4.30. The molecule has 1 aliphatic heterocycles. The maximum absolute atomic E-state index is 11.7. The third-order valence-electron chi connectivity index (χ3n) is 3.67. The van der Waals surface area contributed by atoms with Crippen LogP contribution >= 0.6 is 0 Å². The predicted octanol–water partition coefficient (Wildman–Crippen LogP) is 1.06. The number of nitrogens with one attached hydrogen (secondary N) is 1. The highest BCUT2D eigenvalue weighted by molar-refractivity contribution is 5.81. The smallest absolute Gasteiger partial charge is 0.223 e. The van der Waals surface area contributed by atoms with E-state index in [1.54, 1.807) is 0 Å². The molecule has 1 heterocycles. The van der Waals surface area contributed by atoms with E-state index in [-0.39, 0.29) is 18.4 Å². The molecule has 2 fully saturated rings. The van der Waals surface area contributed by atoms with Gasteiger partial charge in [0, 0.05) is 18.6 Å². The molecule has 0 aromatic heterocycles. The van der Waals surface area contributed by atoms with Crippen LogP contribution in [0.15, 0.2) is 0 Å². The summed E-state index contributed by atoms with van der Waals surface area (Å²) >= 11 is 0. The highest BCUT2D eigenvalue weighted by Gasteiger charge is 2.42. The van der Waals surface area contributed by atoms with Crippen LogP contribution in [0.25, 0.3) is 0 Å². The first-order chi connectivity index (χ1) is 6.83. The largest absolute Gasteiger partial charge is 0.396 e. The Morgan fingerprint density at radius 1 is 1.36 bits per heavy atom. The number of amides is 1. The van der Waals surface area contributed by atoms with Gasteiger partial charge in [-0.3, -0.25) is 4.79 Å². The van der Waals surface area contributed by atoms with Gasteiger partial charge in [-0.25, -0.2) is 0 Å². The van der Waals surface area contributed by atoms with Crippen molar-refractivity contribution in [2.75, 3.05) is 6.61 Å². The molecule has 3 atom stereocenters. The lowest BCUT2D eigenvalue weighted by molar-refractivity contribution is -0.123. The molecule has 0 spiro atoms. The number of aliphatic hydroxyl groups is 1. The molecule has 3 nitrogen and oxygen atoms in total. The van der Waals surface area contributed by atoms with Crippen molar-refractivity contribution in [3.63, 3.8) is 0 Å². The number of carbonyl (C=O) groups is 1. The fraction of sp³-hybridized carbons (Fsp3) is 0.909. The summed E-state index contributed by atoms with van der Waals surface area (Å²) in [5.74, 6) is 0.977. The molecule has 1 aliphatic carbocycles. The Balaban J connectivity index is 1.96. The van der Waals surface area contributed by atoms with Crippen LogP contribution in [0.5, 0.6) is 0 Å². The van der Waals surface area contributed by atoms with E-state index >= 15 is 0 Å². The number of hydrogen-bond acceptors (Lipinski definition) is 2. The topological polar surface area (TPSA) is 49.3 Å². The zero-order valence-corrected chi connectivity index (χ0v) is 8.54. The average Bonchev–Trinajstić information content (AvgIpc) is 2.51. The van der Waals surface area contributed by atoms with Crippen LogP contribution in [-0.4, -0.2) is 23.7 Å². The second-order valence-electron chi connectivity index (χ2n) is 4.54. The molecule has 0 aromatic rings. The zero-order valence-electron chi connectivity index (χ0n) is 8.54. The maximum Gasteiger partial charge on any atom is 0.223 e. The van der Waals surface area contributed by atoms with Gasteiger partial charge in [0.15, 0.2) is 0 Å². The Hall–Kier alpha value is -0.570. The van der Waals surface area contributed by atoms with Crippen molar-refractivity contribution in [3.8, 4) is 0 Å². The molecule has 2 aliphatic rings. The predicted molar refractivity (Wildman–Crippen MR) is 53.7 cm³/mol. The Labute approximate surface area is 84.9 Å². The van der Waals surface area contributed by atoms with E-state index in [2.05, 4.69) is 5.32 Å². The third-order valence-corrected chi connectivity index (χ3v) is 3.67. The molecule has 2 N–H and O–H groups in total. The van der Waals surface area contributed by atoms with Gasteiger partial charge < -0.3 is 10.4 Å². The lowest BCUT2D eigenvalue weighted by Crippen LogP contribution is -2.31. The average molecular weight is 197 g/mol. The molecule has 0 radical (unpaired) electrons. The van der Waals surface area contributed by atoms with Crippen LogP contribution in [0.2, 0.25) is 0 Å². The van der Waals surface area contributed by atoms with Gasteiger partial charge in [0.1, 0.15) is 0 Å². The highest BCUT2D eigenvalue weighted by Crippen LogP contribution is 2.37. The first kappa shape index (κ1) is 9.97. The fourth-order valence-corrected chi connectivity index (χ4v) is 2.96. The third kappa shape index (κ3) is 1.78. The van der Waals surface area contributed by atoms with Crippen molar-refractivity contribution >= 4 is 5.91 Å². The Morgan fingerprint density at radius 2 is 2.14 bits per heavy atom. The van der Waals surface area contributed by atoms with Gasteiger partial charge in [-0.15, -0.1) is 0 Å². The summed E-state index contributed by atoms with van der Waals surface area (Å²) < 4.78 is 0. The van der Waals surface area contributed by atoms with Crippen molar-refractivity contribution in [2.45, 2.75) is 44.6 Å². The van der Waals surface area contributed by atoms with E-state index in [9.17, 15) is 4.79 Å². The van der Waals surface area contributed by atoms with E-state index in [1.165, 1.54) is 19.3 Å². The first-order valence-corrected chi connectivity index (χ1v) is 5.74. The lowest BCUT2D eigenvalue weighted by atomic mass is 9.78.